The van der Waals surface area contributed by atoms with Crippen LogP contribution in [0.1, 0.15) is 45.7 Å². The van der Waals surface area contributed by atoms with Gasteiger partial charge in [-0.25, -0.2) is 4.79 Å². The molecule has 114 valence electrons. The SMILES string of the molecule is COC(=O)c1c(C)[nH]c(C)c1C1=Nc2ccccc2CCC1. The Hall–Kier alpha value is -2.36. The fourth-order valence-electron chi connectivity index (χ4n) is 3.16. The molecule has 22 heavy (non-hydrogen) atoms. The second-order valence-corrected chi connectivity index (χ2v) is 5.66. The average molecular weight is 296 g/mol. The molecule has 4 heteroatoms. The molecule has 0 unspecified atom stereocenters. The molecule has 0 saturated heterocycles. The molecule has 1 aromatic carbocycles. The Bertz CT molecular complexity index is 756. The van der Waals surface area contributed by atoms with Crippen LogP contribution in [0.4, 0.5) is 5.69 Å². The number of ether oxygens (including phenoxy) is 1. The van der Waals surface area contributed by atoms with Gasteiger partial charge in [0.05, 0.1) is 24.1 Å². The van der Waals surface area contributed by atoms with E-state index in [0.717, 1.165) is 47.6 Å². The van der Waals surface area contributed by atoms with Gasteiger partial charge < -0.3 is 9.72 Å². The minimum absolute atomic E-state index is 0.308. The van der Waals surface area contributed by atoms with Crippen LogP contribution in [0.2, 0.25) is 0 Å². The zero-order valence-electron chi connectivity index (χ0n) is 13.2. The Morgan fingerprint density at radius 3 is 2.73 bits per heavy atom. The summed E-state index contributed by atoms with van der Waals surface area (Å²) >= 11 is 0. The summed E-state index contributed by atoms with van der Waals surface area (Å²) in [5, 5.41) is 0. The Kier molecular flexibility index (Phi) is 3.84. The van der Waals surface area contributed by atoms with Crippen LogP contribution < -0.4 is 0 Å². The van der Waals surface area contributed by atoms with E-state index in [-0.39, 0.29) is 5.97 Å². The maximum atomic E-state index is 12.1. The second-order valence-electron chi connectivity index (χ2n) is 5.66. The Morgan fingerprint density at radius 2 is 1.95 bits per heavy atom. The smallest absolute Gasteiger partial charge is 0.340 e. The van der Waals surface area contributed by atoms with E-state index in [2.05, 4.69) is 11.1 Å². The van der Waals surface area contributed by atoms with Gasteiger partial charge in [-0.1, -0.05) is 18.2 Å². The van der Waals surface area contributed by atoms with Gasteiger partial charge in [0.15, 0.2) is 0 Å². The van der Waals surface area contributed by atoms with Crippen LogP contribution in [0.5, 0.6) is 0 Å². The molecule has 2 heterocycles. The van der Waals surface area contributed by atoms with Crippen LogP contribution in [0.25, 0.3) is 0 Å². The van der Waals surface area contributed by atoms with Crippen LogP contribution in [-0.2, 0) is 11.2 Å². The molecule has 0 spiro atoms. The molecule has 0 saturated carbocycles. The third kappa shape index (κ3) is 2.45. The molecule has 0 bridgehead atoms. The number of aromatic nitrogens is 1. The predicted octanol–water partition coefficient (Wildman–Crippen LogP) is 3.88. The zero-order valence-corrected chi connectivity index (χ0v) is 13.2. The highest BCUT2D eigenvalue weighted by atomic mass is 16.5. The van der Waals surface area contributed by atoms with Crippen molar-refractivity contribution in [2.24, 2.45) is 4.99 Å². The molecular weight excluding hydrogens is 276 g/mol. The number of aromatic amines is 1. The summed E-state index contributed by atoms with van der Waals surface area (Å²) in [5.74, 6) is -0.308. The minimum atomic E-state index is -0.308. The number of hydrogen-bond acceptors (Lipinski definition) is 3. The number of aryl methyl sites for hydroxylation is 3. The quantitative estimate of drug-likeness (QED) is 0.855. The number of rotatable bonds is 2. The van der Waals surface area contributed by atoms with Gasteiger partial charge in [-0.3, -0.25) is 4.99 Å². The van der Waals surface area contributed by atoms with E-state index in [1.54, 1.807) is 0 Å². The van der Waals surface area contributed by atoms with Crippen molar-refractivity contribution in [3.8, 4) is 0 Å². The number of aliphatic imine (C=N–C) groups is 1. The summed E-state index contributed by atoms with van der Waals surface area (Å²) in [6, 6.07) is 8.21. The first-order valence-corrected chi connectivity index (χ1v) is 7.55. The molecule has 1 N–H and O–H groups in total. The number of hydrogen-bond donors (Lipinski definition) is 1. The monoisotopic (exact) mass is 296 g/mol. The standard InChI is InChI=1S/C18H20N2O2/c1-11-16(17(12(2)19-11)18(21)22-3)15-10-6-8-13-7-4-5-9-14(13)20-15/h4-5,7,9,19H,6,8,10H2,1-3H3. The van der Waals surface area contributed by atoms with Gasteiger partial charge in [-0.05, 0) is 44.7 Å². The highest BCUT2D eigenvalue weighted by Gasteiger charge is 2.24. The number of carbonyl (C=O) groups is 1. The third-order valence-electron chi connectivity index (χ3n) is 4.16. The predicted molar refractivity (Wildman–Crippen MR) is 87.2 cm³/mol. The summed E-state index contributed by atoms with van der Waals surface area (Å²) in [6.45, 7) is 3.88. The van der Waals surface area contributed by atoms with Crippen LogP contribution in [0, 0.1) is 13.8 Å². The van der Waals surface area contributed by atoms with Gasteiger partial charge in [0.2, 0.25) is 0 Å². The number of methoxy groups -OCH3 is 1. The first-order valence-electron chi connectivity index (χ1n) is 7.55. The summed E-state index contributed by atoms with van der Waals surface area (Å²) < 4.78 is 4.95. The highest BCUT2D eigenvalue weighted by molar-refractivity contribution is 6.11. The van der Waals surface area contributed by atoms with Gasteiger partial charge in [0, 0.05) is 17.0 Å². The first kappa shape index (κ1) is 14.6. The second kappa shape index (κ2) is 5.79. The lowest BCUT2D eigenvalue weighted by molar-refractivity contribution is 0.0600. The lowest BCUT2D eigenvalue weighted by Crippen LogP contribution is -2.10. The molecule has 2 aromatic rings. The number of benzene rings is 1. The number of carbonyl (C=O) groups excluding carboxylic acids is 1. The lowest BCUT2D eigenvalue weighted by Gasteiger charge is -2.07. The fraction of sp³-hybridized carbons (Fsp3) is 0.333. The fourth-order valence-corrected chi connectivity index (χ4v) is 3.16. The summed E-state index contributed by atoms with van der Waals surface area (Å²) in [7, 11) is 1.41. The molecule has 1 aliphatic rings. The summed E-state index contributed by atoms with van der Waals surface area (Å²) in [4.78, 5) is 20.2. The highest BCUT2D eigenvalue weighted by Crippen LogP contribution is 2.29. The van der Waals surface area contributed by atoms with E-state index in [4.69, 9.17) is 9.73 Å². The van der Waals surface area contributed by atoms with Gasteiger partial charge in [-0.2, -0.15) is 0 Å². The molecule has 0 aliphatic carbocycles. The molecule has 1 aliphatic heterocycles. The summed E-state index contributed by atoms with van der Waals surface area (Å²) in [6.07, 6.45) is 2.90. The number of H-pyrrole nitrogens is 1. The van der Waals surface area contributed by atoms with Gasteiger partial charge in [0.25, 0.3) is 0 Å². The zero-order chi connectivity index (χ0) is 15.7. The maximum absolute atomic E-state index is 12.1. The van der Waals surface area contributed by atoms with Crippen molar-refractivity contribution in [3.63, 3.8) is 0 Å². The van der Waals surface area contributed by atoms with E-state index in [0.29, 0.717) is 5.56 Å². The molecule has 0 atom stereocenters. The molecule has 1 aromatic heterocycles. The number of nitrogens with one attached hydrogen (secondary N) is 1. The molecule has 4 nitrogen and oxygen atoms in total. The van der Waals surface area contributed by atoms with Gasteiger partial charge in [-0.15, -0.1) is 0 Å². The van der Waals surface area contributed by atoms with Crippen LogP contribution >= 0.6 is 0 Å². The van der Waals surface area contributed by atoms with E-state index in [9.17, 15) is 4.79 Å². The first-order chi connectivity index (χ1) is 10.6. The van der Waals surface area contributed by atoms with E-state index in [1.807, 2.05) is 32.0 Å². The number of esters is 1. The van der Waals surface area contributed by atoms with Gasteiger partial charge in [0.1, 0.15) is 0 Å². The van der Waals surface area contributed by atoms with E-state index < -0.39 is 0 Å². The van der Waals surface area contributed by atoms with Crippen LogP contribution in [-0.4, -0.2) is 23.8 Å². The van der Waals surface area contributed by atoms with Crippen LogP contribution in [0.3, 0.4) is 0 Å². The Morgan fingerprint density at radius 1 is 1.18 bits per heavy atom. The number of para-hydroxylation sites is 1. The Balaban J connectivity index is 2.16. The normalized spacial score (nSPS) is 14.0. The van der Waals surface area contributed by atoms with Gasteiger partial charge >= 0.3 is 5.97 Å². The van der Waals surface area contributed by atoms with Crippen molar-refractivity contribution in [1.82, 2.24) is 4.98 Å². The largest absolute Gasteiger partial charge is 0.465 e. The van der Waals surface area contributed by atoms with Crippen molar-refractivity contribution in [2.75, 3.05) is 7.11 Å². The molecular formula is C18H20N2O2. The van der Waals surface area contributed by atoms with E-state index in [1.165, 1.54) is 12.7 Å². The lowest BCUT2D eigenvalue weighted by atomic mass is 9.99. The molecule has 3 rings (SSSR count). The van der Waals surface area contributed by atoms with Crippen LogP contribution in [0.15, 0.2) is 29.3 Å². The van der Waals surface area contributed by atoms with Crippen molar-refractivity contribution in [1.29, 1.82) is 0 Å². The van der Waals surface area contributed by atoms with E-state index >= 15 is 0 Å². The van der Waals surface area contributed by atoms with Crippen molar-refractivity contribution >= 4 is 17.4 Å². The number of nitrogens with zero attached hydrogens (tertiary/aromatic N) is 1. The number of fused-ring (bicyclic) bond motifs is 1. The maximum Gasteiger partial charge on any atom is 0.340 e. The Labute approximate surface area is 130 Å². The minimum Gasteiger partial charge on any atom is -0.465 e. The molecule has 0 fully saturated rings. The topological polar surface area (TPSA) is 54.5 Å². The van der Waals surface area contributed by atoms with Crippen molar-refractivity contribution < 1.29 is 9.53 Å². The molecule has 0 radical (unpaired) electrons. The summed E-state index contributed by atoms with van der Waals surface area (Å²) in [5.41, 5.74) is 6.55. The molecule has 0 amide bonds. The van der Waals surface area contributed by atoms with Crippen molar-refractivity contribution in [3.05, 3.63) is 52.3 Å². The van der Waals surface area contributed by atoms with Crippen molar-refractivity contribution in [2.45, 2.75) is 33.1 Å². The third-order valence-corrected chi connectivity index (χ3v) is 4.16. The average Bonchev–Trinajstić information content (AvgIpc) is 2.70.